The molecular weight excluding hydrogens is 330 g/mol. The number of para-hydroxylation sites is 1. The molecule has 0 fully saturated rings. The number of methoxy groups -OCH3 is 1. The Morgan fingerprint density at radius 2 is 1.96 bits per heavy atom. The van der Waals surface area contributed by atoms with Crippen LogP contribution in [0, 0.1) is 0 Å². The van der Waals surface area contributed by atoms with E-state index in [1.54, 1.807) is 24.3 Å². The highest BCUT2D eigenvalue weighted by atomic mass is 35.5. The number of nitrogens with zero attached hydrogens (tertiary/aromatic N) is 2. The van der Waals surface area contributed by atoms with Gasteiger partial charge in [-0.05, 0) is 36.4 Å². The van der Waals surface area contributed by atoms with Gasteiger partial charge in [0.25, 0.3) is 5.89 Å². The van der Waals surface area contributed by atoms with E-state index in [2.05, 4.69) is 15.5 Å². The Labute approximate surface area is 143 Å². The quantitative estimate of drug-likeness (QED) is 0.765. The van der Waals surface area contributed by atoms with E-state index in [-0.39, 0.29) is 12.5 Å². The fourth-order valence-corrected chi connectivity index (χ4v) is 2.27. The maximum absolute atomic E-state index is 11.7. The number of carbonyl (C=O) groups is 1. The predicted octanol–water partition coefficient (Wildman–Crippen LogP) is 3.64. The molecule has 0 atom stereocenters. The summed E-state index contributed by atoms with van der Waals surface area (Å²) in [5, 5.41) is 7.37. The van der Waals surface area contributed by atoms with Gasteiger partial charge in [-0.2, -0.15) is 4.98 Å². The number of ether oxygens (including phenoxy) is 1. The molecule has 24 heavy (non-hydrogen) atoms. The summed E-state index contributed by atoms with van der Waals surface area (Å²) in [5.74, 6) is 0.496. The molecule has 2 aromatic carbocycles. The number of aromatic nitrogens is 2. The van der Waals surface area contributed by atoms with Crippen LogP contribution in [-0.4, -0.2) is 29.8 Å². The minimum atomic E-state index is -0.262. The maximum atomic E-state index is 11.7. The predicted molar refractivity (Wildman–Crippen MR) is 90.7 cm³/mol. The molecule has 0 bridgehead atoms. The van der Waals surface area contributed by atoms with Crippen molar-refractivity contribution in [3.8, 4) is 22.8 Å². The summed E-state index contributed by atoms with van der Waals surface area (Å²) < 4.78 is 10.2. The lowest BCUT2D eigenvalue weighted by molar-refractivity contribution is -0.119. The first-order valence-electron chi connectivity index (χ1n) is 7.15. The van der Waals surface area contributed by atoms with Crippen LogP contribution in [0.4, 0.5) is 5.69 Å². The molecule has 122 valence electrons. The zero-order chi connectivity index (χ0) is 16.9. The van der Waals surface area contributed by atoms with Crippen LogP contribution in [0.2, 0.25) is 5.02 Å². The molecule has 1 aromatic heterocycles. The van der Waals surface area contributed by atoms with E-state index < -0.39 is 0 Å². The topological polar surface area (TPSA) is 77.2 Å². The molecule has 0 aliphatic rings. The van der Waals surface area contributed by atoms with E-state index in [0.29, 0.717) is 28.0 Å². The number of anilines is 1. The summed E-state index contributed by atoms with van der Waals surface area (Å²) in [7, 11) is 1.46. The van der Waals surface area contributed by atoms with E-state index in [4.69, 9.17) is 20.9 Å². The van der Waals surface area contributed by atoms with Gasteiger partial charge in [0.1, 0.15) is 6.61 Å². The van der Waals surface area contributed by atoms with Crippen molar-refractivity contribution >= 4 is 23.2 Å². The molecule has 1 N–H and O–H groups in total. The van der Waals surface area contributed by atoms with Crippen molar-refractivity contribution in [3.63, 3.8) is 0 Å². The Balaban J connectivity index is 1.90. The smallest absolute Gasteiger partial charge is 0.260 e. The summed E-state index contributed by atoms with van der Waals surface area (Å²) >= 11 is 5.88. The summed E-state index contributed by atoms with van der Waals surface area (Å²) in [4.78, 5) is 16.1. The first kappa shape index (κ1) is 16.2. The largest absolute Gasteiger partial charge is 0.375 e. The standard InChI is InChI=1S/C17H14ClN3O3/c1-23-10-15(22)19-14-5-3-2-4-13(14)17-20-16(21-24-17)11-6-8-12(18)9-7-11/h2-9H,10H2,1H3,(H,19,22). The number of hydrogen-bond donors (Lipinski definition) is 1. The van der Waals surface area contributed by atoms with Gasteiger partial charge in [-0.3, -0.25) is 4.79 Å². The molecule has 0 aliphatic heterocycles. The van der Waals surface area contributed by atoms with Crippen LogP contribution < -0.4 is 5.32 Å². The lowest BCUT2D eigenvalue weighted by Gasteiger charge is -2.07. The van der Waals surface area contributed by atoms with Crippen LogP contribution in [0.1, 0.15) is 0 Å². The molecule has 6 nitrogen and oxygen atoms in total. The van der Waals surface area contributed by atoms with E-state index >= 15 is 0 Å². The molecule has 1 heterocycles. The third-order valence-corrected chi connectivity index (χ3v) is 3.49. The number of rotatable bonds is 5. The van der Waals surface area contributed by atoms with Gasteiger partial charge in [0, 0.05) is 17.7 Å². The van der Waals surface area contributed by atoms with Crippen molar-refractivity contribution in [2.75, 3.05) is 19.0 Å². The van der Waals surface area contributed by atoms with Crippen molar-refractivity contribution in [3.05, 3.63) is 53.6 Å². The normalized spacial score (nSPS) is 10.6. The van der Waals surface area contributed by atoms with E-state index in [1.165, 1.54) is 7.11 Å². The second-order valence-electron chi connectivity index (χ2n) is 4.96. The lowest BCUT2D eigenvalue weighted by Crippen LogP contribution is -2.17. The number of nitrogens with one attached hydrogen (secondary N) is 1. The Hall–Kier alpha value is -2.70. The second-order valence-corrected chi connectivity index (χ2v) is 5.39. The molecule has 7 heteroatoms. The summed E-state index contributed by atoms with van der Waals surface area (Å²) in [6, 6.07) is 14.3. The summed E-state index contributed by atoms with van der Waals surface area (Å²) in [5.41, 5.74) is 2.00. The number of carbonyl (C=O) groups excluding carboxylic acids is 1. The molecular formula is C17H14ClN3O3. The highest BCUT2D eigenvalue weighted by Gasteiger charge is 2.15. The zero-order valence-electron chi connectivity index (χ0n) is 12.8. The fraction of sp³-hybridized carbons (Fsp3) is 0.118. The van der Waals surface area contributed by atoms with Crippen molar-refractivity contribution < 1.29 is 14.1 Å². The van der Waals surface area contributed by atoms with Crippen LogP contribution >= 0.6 is 11.6 Å². The van der Waals surface area contributed by atoms with Crippen LogP contribution in [0.15, 0.2) is 53.1 Å². The fourth-order valence-electron chi connectivity index (χ4n) is 2.15. The third-order valence-electron chi connectivity index (χ3n) is 3.24. The zero-order valence-corrected chi connectivity index (χ0v) is 13.6. The Morgan fingerprint density at radius 1 is 1.21 bits per heavy atom. The third kappa shape index (κ3) is 3.61. The molecule has 0 unspecified atom stereocenters. The Bertz CT molecular complexity index is 846. The van der Waals surface area contributed by atoms with Gasteiger partial charge < -0.3 is 14.6 Å². The number of halogens is 1. The lowest BCUT2D eigenvalue weighted by atomic mass is 10.1. The van der Waals surface area contributed by atoms with Gasteiger partial charge in [-0.15, -0.1) is 0 Å². The molecule has 0 saturated carbocycles. The van der Waals surface area contributed by atoms with Crippen molar-refractivity contribution in [2.24, 2.45) is 0 Å². The molecule has 3 rings (SSSR count). The average Bonchev–Trinajstić information content (AvgIpc) is 3.06. The molecule has 0 radical (unpaired) electrons. The Kier molecular flexibility index (Phi) is 4.88. The SMILES string of the molecule is COCC(=O)Nc1ccccc1-c1nc(-c2ccc(Cl)cc2)no1. The van der Waals surface area contributed by atoms with E-state index in [0.717, 1.165) is 5.56 Å². The van der Waals surface area contributed by atoms with Gasteiger partial charge in [-0.1, -0.05) is 28.9 Å². The van der Waals surface area contributed by atoms with Gasteiger partial charge in [0.05, 0.1) is 11.3 Å². The van der Waals surface area contributed by atoms with Crippen LogP contribution in [-0.2, 0) is 9.53 Å². The van der Waals surface area contributed by atoms with Gasteiger partial charge in [-0.25, -0.2) is 0 Å². The number of benzene rings is 2. The van der Waals surface area contributed by atoms with Crippen LogP contribution in [0.25, 0.3) is 22.8 Å². The molecule has 3 aromatic rings. The number of amides is 1. The molecule has 0 spiro atoms. The maximum Gasteiger partial charge on any atom is 0.260 e. The van der Waals surface area contributed by atoms with Crippen molar-refractivity contribution in [1.29, 1.82) is 0 Å². The van der Waals surface area contributed by atoms with Crippen molar-refractivity contribution in [2.45, 2.75) is 0 Å². The van der Waals surface area contributed by atoms with Crippen LogP contribution in [0.5, 0.6) is 0 Å². The first-order chi connectivity index (χ1) is 11.7. The van der Waals surface area contributed by atoms with E-state index in [1.807, 2.05) is 24.3 Å². The molecule has 0 aliphatic carbocycles. The Morgan fingerprint density at radius 3 is 2.71 bits per heavy atom. The highest BCUT2D eigenvalue weighted by Crippen LogP contribution is 2.28. The van der Waals surface area contributed by atoms with Crippen molar-refractivity contribution in [1.82, 2.24) is 10.1 Å². The molecule has 0 saturated heterocycles. The minimum Gasteiger partial charge on any atom is -0.375 e. The van der Waals surface area contributed by atoms with E-state index in [9.17, 15) is 4.79 Å². The summed E-state index contributed by atoms with van der Waals surface area (Å²) in [6.45, 7) is -0.0335. The number of hydrogen-bond acceptors (Lipinski definition) is 5. The van der Waals surface area contributed by atoms with Gasteiger partial charge >= 0.3 is 0 Å². The monoisotopic (exact) mass is 343 g/mol. The summed E-state index contributed by atoms with van der Waals surface area (Å²) in [6.07, 6.45) is 0. The van der Waals surface area contributed by atoms with Crippen LogP contribution in [0.3, 0.4) is 0 Å². The highest BCUT2D eigenvalue weighted by molar-refractivity contribution is 6.30. The van der Waals surface area contributed by atoms with Gasteiger partial charge in [0.2, 0.25) is 11.7 Å². The second kappa shape index (κ2) is 7.25. The first-order valence-corrected chi connectivity index (χ1v) is 7.53. The van der Waals surface area contributed by atoms with Gasteiger partial charge in [0.15, 0.2) is 0 Å². The molecule has 1 amide bonds. The minimum absolute atomic E-state index is 0.0335. The average molecular weight is 344 g/mol.